The van der Waals surface area contributed by atoms with Crippen LogP contribution in [0, 0.1) is 0 Å². The highest BCUT2D eigenvalue weighted by Crippen LogP contribution is 1.98. The van der Waals surface area contributed by atoms with E-state index in [2.05, 4.69) is 5.32 Å². The normalized spacial score (nSPS) is 19.1. The molecule has 1 fully saturated rings. The van der Waals surface area contributed by atoms with Crippen molar-refractivity contribution in [2.75, 3.05) is 32.7 Å². The van der Waals surface area contributed by atoms with Crippen molar-refractivity contribution in [1.82, 2.24) is 15.3 Å². The third kappa shape index (κ3) is 2.09. The molecule has 1 heterocycles. The smallest absolute Gasteiger partial charge is 0.329 e. The topological polar surface area (TPSA) is 61.6 Å². The average molecular weight is 172 g/mol. The number of rotatable bonds is 2. The lowest BCUT2D eigenvalue weighted by molar-refractivity contribution is 0.0118. The fraction of sp³-hybridized carbons (Fsp3) is 0.857. The zero-order chi connectivity index (χ0) is 8.97. The number of hydrogen-bond donors (Lipinski definition) is 2. The van der Waals surface area contributed by atoms with Gasteiger partial charge in [-0.3, -0.25) is 5.01 Å². The minimum Gasteiger partial charge on any atom is -0.350 e. The SMILES string of the molecule is CCN(C(N)=O)N1CCNCC1. The molecule has 0 aliphatic carbocycles. The molecule has 0 aromatic rings. The van der Waals surface area contributed by atoms with Gasteiger partial charge in [0, 0.05) is 32.7 Å². The Morgan fingerprint density at radius 2 is 2.17 bits per heavy atom. The Labute approximate surface area is 72.5 Å². The molecule has 0 radical (unpaired) electrons. The zero-order valence-corrected chi connectivity index (χ0v) is 7.42. The summed E-state index contributed by atoms with van der Waals surface area (Å²) >= 11 is 0. The number of piperazine rings is 1. The first-order chi connectivity index (χ1) is 5.75. The van der Waals surface area contributed by atoms with Crippen molar-refractivity contribution < 1.29 is 4.79 Å². The molecule has 5 heteroatoms. The highest BCUT2D eigenvalue weighted by molar-refractivity contribution is 5.71. The van der Waals surface area contributed by atoms with Crippen molar-refractivity contribution >= 4 is 6.03 Å². The van der Waals surface area contributed by atoms with E-state index in [0.717, 1.165) is 26.2 Å². The maximum absolute atomic E-state index is 10.9. The summed E-state index contributed by atoms with van der Waals surface area (Å²) in [7, 11) is 0. The molecule has 1 aliphatic heterocycles. The van der Waals surface area contributed by atoms with Gasteiger partial charge in [-0.15, -0.1) is 0 Å². The minimum absolute atomic E-state index is 0.362. The zero-order valence-electron chi connectivity index (χ0n) is 7.42. The standard InChI is InChI=1S/C7H16N4O/c1-2-11(7(8)12)10-5-3-9-4-6-10/h9H,2-6H2,1H3,(H2,8,12). The lowest BCUT2D eigenvalue weighted by Crippen LogP contribution is -2.55. The van der Waals surface area contributed by atoms with Crippen molar-refractivity contribution in [2.24, 2.45) is 5.73 Å². The molecular formula is C7H16N4O. The van der Waals surface area contributed by atoms with E-state index in [-0.39, 0.29) is 6.03 Å². The summed E-state index contributed by atoms with van der Waals surface area (Å²) in [6.07, 6.45) is 0. The molecular weight excluding hydrogens is 156 g/mol. The van der Waals surface area contributed by atoms with Crippen molar-refractivity contribution in [3.8, 4) is 0 Å². The van der Waals surface area contributed by atoms with Crippen molar-refractivity contribution in [3.05, 3.63) is 0 Å². The molecule has 0 unspecified atom stereocenters. The van der Waals surface area contributed by atoms with E-state index in [4.69, 9.17) is 5.73 Å². The van der Waals surface area contributed by atoms with Gasteiger partial charge in [0.1, 0.15) is 0 Å². The largest absolute Gasteiger partial charge is 0.350 e. The van der Waals surface area contributed by atoms with E-state index in [1.165, 1.54) is 0 Å². The number of primary amides is 1. The van der Waals surface area contributed by atoms with Gasteiger partial charge in [0.15, 0.2) is 0 Å². The summed E-state index contributed by atoms with van der Waals surface area (Å²) in [5.74, 6) is 0. The fourth-order valence-electron chi connectivity index (χ4n) is 1.39. The van der Waals surface area contributed by atoms with E-state index in [1.807, 2.05) is 11.9 Å². The molecule has 2 amide bonds. The van der Waals surface area contributed by atoms with Crippen LogP contribution >= 0.6 is 0 Å². The first-order valence-corrected chi connectivity index (χ1v) is 4.28. The summed E-state index contributed by atoms with van der Waals surface area (Å²) in [6.45, 7) is 6.13. The predicted octanol–water partition coefficient (Wildman–Crippen LogP) is -0.793. The van der Waals surface area contributed by atoms with E-state index in [0.29, 0.717) is 6.54 Å². The van der Waals surface area contributed by atoms with E-state index in [9.17, 15) is 4.79 Å². The van der Waals surface area contributed by atoms with Gasteiger partial charge in [-0.05, 0) is 6.92 Å². The molecule has 1 rings (SSSR count). The molecule has 3 N–H and O–H groups in total. The monoisotopic (exact) mass is 172 g/mol. The average Bonchev–Trinajstić information content (AvgIpc) is 2.07. The summed E-state index contributed by atoms with van der Waals surface area (Å²) in [6, 6.07) is -0.362. The first kappa shape index (κ1) is 9.28. The van der Waals surface area contributed by atoms with Gasteiger partial charge >= 0.3 is 6.03 Å². The number of nitrogens with two attached hydrogens (primary N) is 1. The van der Waals surface area contributed by atoms with Gasteiger partial charge in [0.05, 0.1) is 0 Å². The molecule has 0 aromatic carbocycles. The number of amides is 2. The third-order valence-electron chi connectivity index (χ3n) is 1.99. The Balaban J connectivity index is 2.46. The Morgan fingerprint density at radius 3 is 2.58 bits per heavy atom. The summed E-state index contributed by atoms with van der Waals surface area (Å²) < 4.78 is 0. The van der Waals surface area contributed by atoms with Crippen LogP contribution in [0.25, 0.3) is 0 Å². The number of hydrazine groups is 1. The minimum atomic E-state index is -0.362. The van der Waals surface area contributed by atoms with E-state index >= 15 is 0 Å². The van der Waals surface area contributed by atoms with Gasteiger partial charge in [-0.25, -0.2) is 9.80 Å². The van der Waals surface area contributed by atoms with Crippen LogP contribution in [0.15, 0.2) is 0 Å². The van der Waals surface area contributed by atoms with E-state index in [1.54, 1.807) is 5.01 Å². The van der Waals surface area contributed by atoms with Crippen LogP contribution in [0.5, 0.6) is 0 Å². The second-order valence-electron chi connectivity index (χ2n) is 2.76. The van der Waals surface area contributed by atoms with Crippen LogP contribution in [0.3, 0.4) is 0 Å². The van der Waals surface area contributed by atoms with Crippen molar-refractivity contribution in [1.29, 1.82) is 0 Å². The van der Waals surface area contributed by atoms with Crippen LogP contribution < -0.4 is 11.1 Å². The van der Waals surface area contributed by atoms with Gasteiger partial charge in [-0.1, -0.05) is 0 Å². The molecule has 0 saturated carbocycles. The lowest BCUT2D eigenvalue weighted by atomic mass is 10.4. The highest BCUT2D eigenvalue weighted by Gasteiger charge is 2.18. The Kier molecular flexibility index (Phi) is 3.31. The Hall–Kier alpha value is -0.810. The quantitative estimate of drug-likeness (QED) is 0.573. The summed E-state index contributed by atoms with van der Waals surface area (Å²) in [5.41, 5.74) is 5.20. The molecule has 0 aromatic heterocycles. The molecule has 0 bridgehead atoms. The fourth-order valence-corrected chi connectivity index (χ4v) is 1.39. The van der Waals surface area contributed by atoms with Crippen LogP contribution in [0.1, 0.15) is 6.92 Å². The van der Waals surface area contributed by atoms with Gasteiger partial charge < -0.3 is 11.1 Å². The van der Waals surface area contributed by atoms with Gasteiger partial charge in [-0.2, -0.15) is 0 Å². The molecule has 0 atom stereocenters. The second kappa shape index (κ2) is 4.27. The number of urea groups is 1. The summed E-state index contributed by atoms with van der Waals surface area (Å²) in [5, 5.41) is 6.78. The maximum Gasteiger partial charge on any atom is 0.329 e. The van der Waals surface area contributed by atoms with Crippen LogP contribution in [0.2, 0.25) is 0 Å². The van der Waals surface area contributed by atoms with Crippen LogP contribution in [0.4, 0.5) is 4.79 Å². The maximum atomic E-state index is 10.9. The Morgan fingerprint density at radius 1 is 1.58 bits per heavy atom. The second-order valence-corrected chi connectivity index (χ2v) is 2.76. The molecule has 0 spiro atoms. The molecule has 1 aliphatic rings. The van der Waals surface area contributed by atoms with Crippen LogP contribution in [-0.2, 0) is 0 Å². The Bertz CT molecular complexity index is 155. The van der Waals surface area contributed by atoms with Crippen molar-refractivity contribution in [2.45, 2.75) is 6.92 Å². The summed E-state index contributed by atoms with van der Waals surface area (Å²) in [4.78, 5) is 10.9. The lowest BCUT2D eigenvalue weighted by Gasteiger charge is -2.35. The van der Waals surface area contributed by atoms with Crippen LogP contribution in [-0.4, -0.2) is 48.8 Å². The highest BCUT2D eigenvalue weighted by atomic mass is 16.2. The van der Waals surface area contributed by atoms with E-state index < -0.39 is 0 Å². The third-order valence-corrected chi connectivity index (χ3v) is 1.99. The van der Waals surface area contributed by atoms with Gasteiger partial charge in [0.25, 0.3) is 0 Å². The first-order valence-electron chi connectivity index (χ1n) is 4.28. The van der Waals surface area contributed by atoms with Gasteiger partial charge in [0.2, 0.25) is 0 Å². The number of nitrogens with zero attached hydrogens (tertiary/aromatic N) is 2. The number of nitrogens with one attached hydrogen (secondary N) is 1. The number of carbonyl (C=O) groups is 1. The van der Waals surface area contributed by atoms with Crippen molar-refractivity contribution in [3.63, 3.8) is 0 Å². The molecule has 12 heavy (non-hydrogen) atoms. The molecule has 1 saturated heterocycles. The molecule has 5 nitrogen and oxygen atoms in total. The predicted molar refractivity (Wildman–Crippen MR) is 46.4 cm³/mol. The number of hydrogen-bond acceptors (Lipinski definition) is 3. The molecule has 70 valence electrons. The number of carbonyl (C=O) groups excluding carboxylic acids is 1.